The summed E-state index contributed by atoms with van der Waals surface area (Å²) >= 11 is 0. The predicted octanol–water partition coefficient (Wildman–Crippen LogP) is 3.10. The van der Waals surface area contributed by atoms with Crippen LogP contribution >= 0.6 is 0 Å². The molecule has 0 aliphatic heterocycles. The van der Waals surface area contributed by atoms with Crippen LogP contribution in [0.5, 0.6) is 0 Å². The number of nitro benzene ring substituents is 1. The molecule has 22 heavy (non-hydrogen) atoms. The highest BCUT2D eigenvalue weighted by molar-refractivity contribution is 5.84. The second-order valence-electron chi connectivity index (χ2n) is 5.27. The molecule has 0 fully saturated rings. The third-order valence-corrected chi connectivity index (χ3v) is 3.76. The van der Waals surface area contributed by atoms with Crippen LogP contribution in [0.2, 0.25) is 0 Å². The molecule has 0 bridgehead atoms. The Labute approximate surface area is 128 Å². The fraction of sp³-hybridized carbons (Fsp3) is 0.176. The zero-order chi connectivity index (χ0) is 15.5. The Kier molecular flexibility index (Phi) is 3.89. The number of nitro groups is 1. The number of hydrogen-bond acceptors (Lipinski definition) is 3. The van der Waals surface area contributed by atoms with E-state index in [1.54, 1.807) is 12.1 Å². The van der Waals surface area contributed by atoms with E-state index in [9.17, 15) is 10.1 Å². The van der Waals surface area contributed by atoms with Crippen molar-refractivity contribution in [1.82, 2.24) is 4.57 Å². The van der Waals surface area contributed by atoms with Crippen molar-refractivity contribution in [2.24, 2.45) is 5.73 Å². The van der Waals surface area contributed by atoms with Crippen LogP contribution in [0.1, 0.15) is 11.1 Å². The van der Waals surface area contributed by atoms with E-state index in [0.717, 1.165) is 17.5 Å². The van der Waals surface area contributed by atoms with Crippen LogP contribution in [-0.4, -0.2) is 16.0 Å². The fourth-order valence-corrected chi connectivity index (χ4v) is 2.77. The monoisotopic (exact) mass is 295 g/mol. The number of nitrogens with two attached hydrogens (primary N) is 1. The quantitative estimate of drug-likeness (QED) is 0.580. The molecule has 5 heteroatoms. The molecule has 0 unspecified atom stereocenters. The zero-order valence-electron chi connectivity index (χ0n) is 12.1. The van der Waals surface area contributed by atoms with Gasteiger partial charge in [0.25, 0.3) is 5.69 Å². The van der Waals surface area contributed by atoms with E-state index in [2.05, 4.69) is 22.9 Å². The molecular formula is C17H17N3O2. The average Bonchev–Trinajstić information content (AvgIpc) is 2.86. The Morgan fingerprint density at radius 3 is 2.73 bits per heavy atom. The molecule has 1 aromatic heterocycles. The van der Waals surface area contributed by atoms with Gasteiger partial charge in [-0.25, -0.2) is 0 Å². The third-order valence-electron chi connectivity index (χ3n) is 3.76. The number of rotatable bonds is 5. The topological polar surface area (TPSA) is 74.1 Å². The summed E-state index contributed by atoms with van der Waals surface area (Å²) in [6.07, 6.45) is 2.92. The number of hydrogen-bond donors (Lipinski definition) is 1. The highest BCUT2D eigenvalue weighted by Gasteiger charge is 2.10. The van der Waals surface area contributed by atoms with Crippen molar-refractivity contribution < 1.29 is 4.92 Å². The molecular weight excluding hydrogens is 278 g/mol. The summed E-state index contributed by atoms with van der Waals surface area (Å²) in [5.41, 5.74) is 9.05. The van der Waals surface area contributed by atoms with Gasteiger partial charge in [-0.15, -0.1) is 0 Å². The predicted molar refractivity (Wildman–Crippen MR) is 86.9 cm³/mol. The average molecular weight is 295 g/mol. The van der Waals surface area contributed by atoms with Crippen LogP contribution < -0.4 is 5.73 Å². The number of fused-ring (bicyclic) bond motifs is 1. The van der Waals surface area contributed by atoms with Gasteiger partial charge in [-0.1, -0.05) is 30.3 Å². The molecule has 0 saturated heterocycles. The van der Waals surface area contributed by atoms with Crippen LogP contribution in [0.4, 0.5) is 5.69 Å². The van der Waals surface area contributed by atoms with Gasteiger partial charge >= 0.3 is 0 Å². The van der Waals surface area contributed by atoms with Crippen LogP contribution in [0, 0.1) is 10.1 Å². The summed E-state index contributed by atoms with van der Waals surface area (Å²) in [5.74, 6) is 0. The standard InChI is InChI=1S/C17H17N3O2/c18-9-8-14-12-19(17-7-2-1-6-16(14)17)11-13-4-3-5-15(10-13)20(21)22/h1-7,10,12H,8-9,11,18H2. The summed E-state index contributed by atoms with van der Waals surface area (Å²) in [7, 11) is 0. The minimum atomic E-state index is -0.364. The maximum absolute atomic E-state index is 10.9. The first-order valence-corrected chi connectivity index (χ1v) is 7.19. The molecule has 3 aromatic rings. The second kappa shape index (κ2) is 5.99. The zero-order valence-corrected chi connectivity index (χ0v) is 12.1. The van der Waals surface area contributed by atoms with Gasteiger partial charge in [-0.05, 0) is 30.2 Å². The van der Waals surface area contributed by atoms with E-state index in [1.165, 1.54) is 17.0 Å². The van der Waals surface area contributed by atoms with Crippen molar-refractivity contribution in [2.45, 2.75) is 13.0 Å². The molecule has 0 aliphatic carbocycles. The molecule has 0 saturated carbocycles. The van der Waals surface area contributed by atoms with Crippen LogP contribution in [-0.2, 0) is 13.0 Å². The lowest BCUT2D eigenvalue weighted by Crippen LogP contribution is -2.02. The lowest BCUT2D eigenvalue weighted by molar-refractivity contribution is -0.384. The van der Waals surface area contributed by atoms with Crippen LogP contribution in [0.3, 0.4) is 0 Å². The van der Waals surface area contributed by atoms with Crippen molar-refractivity contribution in [2.75, 3.05) is 6.54 Å². The van der Waals surface area contributed by atoms with Crippen molar-refractivity contribution in [3.05, 3.63) is 76.0 Å². The summed E-state index contributed by atoms with van der Waals surface area (Å²) in [6.45, 7) is 1.21. The molecule has 3 rings (SSSR count). The van der Waals surface area contributed by atoms with Crippen molar-refractivity contribution >= 4 is 16.6 Å². The molecule has 1 heterocycles. The smallest absolute Gasteiger partial charge is 0.269 e. The van der Waals surface area contributed by atoms with Gasteiger partial charge in [0.05, 0.1) is 4.92 Å². The maximum atomic E-state index is 10.9. The molecule has 0 radical (unpaired) electrons. The molecule has 0 atom stereocenters. The summed E-state index contributed by atoms with van der Waals surface area (Å²) in [4.78, 5) is 10.5. The highest BCUT2D eigenvalue weighted by Crippen LogP contribution is 2.23. The number of non-ortho nitro benzene ring substituents is 1. The molecule has 0 aliphatic rings. The molecule has 2 N–H and O–H groups in total. The Balaban J connectivity index is 2.00. The number of nitrogens with zero attached hydrogens (tertiary/aromatic N) is 2. The number of para-hydroxylation sites is 1. The normalized spacial score (nSPS) is 11.0. The number of benzene rings is 2. The van der Waals surface area contributed by atoms with Gasteiger partial charge < -0.3 is 10.3 Å². The number of aromatic nitrogens is 1. The summed E-state index contributed by atoms with van der Waals surface area (Å²) in [5, 5.41) is 12.1. The van der Waals surface area contributed by atoms with E-state index in [1.807, 2.05) is 18.2 Å². The van der Waals surface area contributed by atoms with Gasteiger partial charge in [0.2, 0.25) is 0 Å². The third kappa shape index (κ3) is 2.71. The SMILES string of the molecule is NCCc1cn(Cc2cccc([N+](=O)[O-])c2)c2ccccc12. The minimum Gasteiger partial charge on any atom is -0.343 e. The summed E-state index contributed by atoms with van der Waals surface area (Å²) in [6, 6.07) is 14.9. The van der Waals surface area contributed by atoms with E-state index in [0.29, 0.717) is 13.1 Å². The van der Waals surface area contributed by atoms with Crippen molar-refractivity contribution in [3.63, 3.8) is 0 Å². The minimum absolute atomic E-state index is 0.121. The van der Waals surface area contributed by atoms with Crippen molar-refractivity contribution in [1.29, 1.82) is 0 Å². The first kappa shape index (κ1) is 14.3. The lowest BCUT2D eigenvalue weighted by atomic mass is 10.1. The van der Waals surface area contributed by atoms with Crippen molar-refractivity contribution in [3.8, 4) is 0 Å². The largest absolute Gasteiger partial charge is 0.343 e. The highest BCUT2D eigenvalue weighted by atomic mass is 16.6. The van der Waals surface area contributed by atoms with Gasteiger partial charge in [-0.3, -0.25) is 10.1 Å². The van der Waals surface area contributed by atoms with Crippen LogP contribution in [0.15, 0.2) is 54.7 Å². The fourth-order valence-electron chi connectivity index (χ4n) is 2.77. The Morgan fingerprint density at radius 2 is 1.95 bits per heavy atom. The second-order valence-corrected chi connectivity index (χ2v) is 5.27. The van der Waals surface area contributed by atoms with Gasteiger partial charge in [0.15, 0.2) is 0 Å². The van der Waals surface area contributed by atoms with E-state index >= 15 is 0 Å². The van der Waals surface area contributed by atoms with E-state index in [4.69, 9.17) is 5.73 Å². The van der Waals surface area contributed by atoms with Gasteiger partial charge in [0, 0.05) is 35.8 Å². The Hall–Kier alpha value is -2.66. The van der Waals surface area contributed by atoms with Crippen LogP contribution in [0.25, 0.3) is 10.9 Å². The lowest BCUT2D eigenvalue weighted by Gasteiger charge is -2.05. The first-order valence-electron chi connectivity index (χ1n) is 7.19. The molecule has 0 spiro atoms. The molecule has 5 nitrogen and oxygen atoms in total. The Bertz CT molecular complexity index is 824. The Morgan fingerprint density at radius 1 is 1.14 bits per heavy atom. The summed E-state index contributed by atoms with van der Waals surface area (Å²) < 4.78 is 2.12. The maximum Gasteiger partial charge on any atom is 0.269 e. The first-order chi connectivity index (χ1) is 10.7. The molecule has 112 valence electrons. The van der Waals surface area contributed by atoms with E-state index in [-0.39, 0.29) is 10.6 Å². The van der Waals surface area contributed by atoms with Gasteiger partial charge in [-0.2, -0.15) is 0 Å². The molecule has 0 amide bonds. The molecule has 2 aromatic carbocycles. The van der Waals surface area contributed by atoms with E-state index < -0.39 is 0 Å². The van der Waals surface area contributed by atoms with Gasteiger partial charge in [0.1, 0.15) is 0 Å².